The highest BCUT2D eigenvalue weighted by molar-refractivity contribution is 6.13. The topological polar surface area (TPSA) is 61.4 Å². The molecule has 0 bridgehead atoms. The molecular formula is C27H25N3O2. The highest BCUT2D eigenvalue weighted by atomic mass is 16.2. The molecule has 0 atom stereocenters. The number of rotatable bonds is 6. The quantitative estimate of drug-likeness (QED) is 0.454. The summed E-state index contributed by atoms with van der Waals surface area (Å²) in [5.41, 5.74) is 3.46. The minimum absolute atomic E-state index is 0.196. The Kier molecular flexibility index (Phi) is 6.17. The second-order valence-electron chi connectivity index (χ2n) is 7.78. The Balaban J connectivity index is 1.58. The lowest BCUT2D eigenvalue weighted by atomic mass is 10.0. The van der Waals surface area contributed by atoms with Gasteiger partial charge >= 0.3 is 0 Å². The van der Waals surface area contributed by atoms with Crippen molar-refractivity contribution in [2.24, 2.45) is 0 Å². The number of hydrogen-bond acceptors (Lipinski definition) is 3. The van der Waals surface area contributed by atoms with E-state index < -0.39 is 0 Å². The van der Waals surface area contributed by atoms with Crippen LogP contribution in [0.1, 0.15) is 26.3 Å². The number of amides is 2. The Bertz CT molecular complexity index is 1260. The van der Waals surface area contributed by atoms with Crippen LogP contribution in [-0.2, 0) is 6.54 Å². The lowest BCUT2D eigenvalue weighted by Gasteiger charge is -2.19. The Morgan fingerprint density at radius 2 is 1.47 bits per heavy atom. The number of carbonyl (C=O) groups excluding carboxylic acids is 2. The fourth-order valence-electron chi connectivity index (χ4n) is 3.68. The summed E-state index contributed by atoms with van der Waals surface area (Å²) in [5, 5.41) is 7.81. The van der Waals surface area contributed by atoms with Crippen LogP contribution in [0.2, 0.25) is 0 Å². The van der Waals surface area contributed by atoms with Gasteiger partial charge in [-0.3, -0.25) is 9.59 Å². The van der Waals surface area contributed by atoms with E-state index in [2.05, 4.69) is 10.6 Å². The summed E-state index contributed by atoms with van der Waals surface area (Å²) in [6, 6.07) is 28.6. The van der Waals surface area contributed by atoms with E-state index in [4.69, 9.17) is 0 Å². The SMILES string of the molecule is CN(C)c1ccc(NC(=O)c2cccc3ccccc23)cc1C(=O)NCc1ccccc1. The van der Waals surface area contributed by atoms with Crippen molar-refractivity contribution in [3.8, 4) is 0 Å². The fourth-order valence-corrected chi connectivity index (χ4v) is 3.68. The zero-order valence-electron chi connectivity index (χ0n) is 18.1. The lowest BCUT2D eigenvalue weighted by molar-refractivity contribution is 0.0950. The molecule has 0 aliphatic heterocycles. The maximum atomic E-state index is 13.0. The molecule has 2 N–H and O–H groups in total. The van der Waals surface area contributed by atoms with Gasteiger partial charge in [0.25, 0.3) is 11.8 Å². The van der Waals surface area contributed by atoms with Gasteiger partial charge in [0, 0.05) is 37.6 Å². The zero-order valence-corrected chi connectivity index (χ0v) is 18.1. The molecule has 32 heavy (non-hydrogen) atoms. The van der Waals surface area contributed by atoms with Crippen LogP contribution in [0, 0.1) is 0 Å². The van der Waals surface area contributed by atoms with E-state index in [1.54, 1.807) is 12.1 Å². The second kappa shape index (κ2) is 9.35. The van der Waals surface area contributed by atoms with Crippen LogP contribution >= 0.6 is 0 Å². The predicted molar refractivity (Wildman–Crippen MR) is 130 cm³/mol. The molecule has 0 aliphatic carbocycles. The average molecular weight is 424 g/mol. The maximum absolute atomic E-state index is 13.0. The number of benzene rings is 4. The summed E-state index contributed by atoms with van der Waals surface area (Å²) in [6.07, 6.45) is 0. The summed E-state index contributed by atoms with van der Waals surface area (Å²) in [4.78, 5) is 27.9. The van der Waals surface area contributed by atoms with Crippen LogP contribution in [0.15, 0.2) is 91.0 Å². The number of carbonyl (C=O) groups is 2. The van der Waals surface area contributed by atoms with E-state index in [-0.39, 0.29) is 11.8 Å². The van der Waals surface area contributed by atoms with E-state index in [1.165, 1.54) is 0 Å². The van der Waals surface area contributed by atoms with Gasteiger partial charge in [-0.25, -0.2) is 0 Å². The average Bonchev–Trinajstić information content (AvgIpc) is 2.82. The number of nitrogens with one attached hydrogen (secondary N) is 2. The van der Waals surface area contributed by atoms with Crippen molar-refractivity contribution in [2.45, 2.75) is 6.54 Å². The first-order chi connectivity index (χ1) is 15.5. The normalized spacial score (nSPS) is 10.6. The van der Waals surface area contributed by atoms with E-state index in [1.807, 2.05) is 97.9 Å². The summed E-state index contributed by atoms with van der Waals surface area (Å²) in [7, 11) is 3.77. The van der Waals surface area contributed by atoms with Crippen molar-refractivity contribution >= 4 is 34.0 Å². The molecule has 0 radical (unpaired) electrons. The minimum atomic E-state index is -0.213. The zero-order chi connectivity index (χ0) is 22.5. The molecule has 0 spiro atoms. The van der Waals surface area contributed by atoms with E-state index in [0.29, 0.717) is 23.4 Å². The first-order valence-corrected chi connectivity index (χ1v) is 10.5. The summed E-state index contributed by atoms with van der Waals surface area (Å²) >= 11 is 0. The van der Waals surface area contributed by atoms with Crippen LogP contribution < -0.4 is 15.5 Å². The molecule has 0 saturated carbocycles. The van der Waals surface area contributed by atoms with Gasteiger partial charge in [0.05, 0.1) is 5.56 Å². The molecule has 0 aliphatic rings. The molecule has 2 amide bonds. The molecule has 4 aromatic rings. The molecule has 5 heteroatoms. The number of fused-ring (bicyclic) bond motifs is 1. The van der Waals surface area contributed by atoms with E-state index in [0.717, 1.165) is 22.0 Å². The van der Waals surface area contributed by atoms with Gasteiger partial charge in [-0.2, -0.15) is 0 Å². The highest BCUT2D eigenvalue weighted by Crippen LogP contribution is 2.25. The smallest absolute Gasteiger partial charge is 0.256 e. The summed E-state index contributed by atoms with van der Waals surface area (Å²) in [5.74, 6) is -0.408. The van der Waals surface area contributed by atoms with Crippen LogP contribution in [0.3, 0.4) is 0 Å². The van der Waals surface area contributed by atoms with Crippen LogP contribution in [0.4, 0.5) is 11.4 Å². The highest BCUT2D eigenvalue weighted by Gasteiger charge is 2.16. The van der Waals surface area contributed by atoms with Gasteiger partial charge in [0.1, 0.15) is 0 Å². The van der Waals surface area contributed by atoms with Crippen LogP contribution in [0.5, 0.6) is 0 Å². The van der Waals surface area contributed by atoms with Crippen molar-refractivity contribution in [1.82, 2.24) is 5.32 Å². The largest absolute Gasteiger partial charge is 0.377 e. The van der Waals surface area contributed by atoms with Crippen molar-refractivity contribution in [3.63, 3.8) is 0 Å². The monoisotopic (exact) mass is 423 g/mol. The van der Waals surface area contributed by atoms with Gasteiger partial charge in [0.2, 0.25) is 0 Å². The standard InChI is InChI=1S/C27H25N3O2/c1-30(2)25-16-15-21(17-24(25)26(31)28-18-19-9-4-3-5-10-19)29-27(32)23-14-8-12-20-11-6-7-13-22(20)23/h3-17H,18H2,1-2H3,(H,28,31)(H,29,32). The molecule has 0 saturated heterocycles. The van der Waals surface area contributed by atoms with Crippen molar-refractivity contribution in [1.29, 1.82) is 0 Å². The van der Waals surface area contributed by atoms with Crippen molar-refractivity contribution in [2.75, 3.05) is 24.3 Å². The van der Waals surface area contributed by atoms with Crippen LogP contribution in [-0.4, -0.2) is 25.9 Å². The Hall–Kier alpha value is -4.12. The summed E-state index contributed by atoms with van der Waals surface area (Å²) < 4.78 is 0. The van der Waals surface area contributed by atoms with Gasteiger partial charge in [-0.15, -0.1) is 0 Å². The van der Waals surface area contributed by atoms with Gasteiger partial charge in [-0.1, -0.05) is 66.7 Å². The van der Waals surface area contributed by atoms with E-state index in [9.17, 15) is 9.59 Å². The Labute approximate surface area is 187 Å². The summed E-state index contributed by atoms with van der Waals surface area (Å²) in [6.45, 7) is 0.430. The predicted octanol–water partition coefficient (Wildman–Crippen LogP) is 5.09. The minimum Gasteiger partial charge on any atom is -0.377 e. The van der Waals surface area contributed by atoms with Crippen LogP contribution in [0.25, 0.3) is 10.8 Å². The Morgan fingerprint density at radius 3 is 2.25 bits per heavy atom. The second-order valence-corrected chi connectivity index (χ2v) is 7.78. The third kappa shape index (κ3) is 4.62. The molecule has 160 valence electrons. The molecule has 0 unspecified atom stereocenters. The first-order valence-electron chi connectivity index (χ1n) is 10.5. The molecule has 5 nitrogen and oxygen atoms in total. The fraction of sp³-hybridized carbons (Fsp3) is 0.111. The molecule has 4 rings (SSSR count). The third-order valence-corrected chi connectivity index (χ3v) is 5.31. The first kappa shape index (κ1) is 21.1. The molecule has 0 heterocycles. The molecule has 4 aromatic carbocycles. The molecule has 0 fully saturated rings. The number of hydrogen-bond donors (Lipinski definition) is 2. The number of anilines is 2. The molecule has 0 aromatic heterocycles. The van der Waals surface area contributed by atoms with Gasteiger partial charge in [-0.05, 0) is 40.6 Å². The van der Waals surface area contributed by atoms with Gasteiger partial charge < -0.3 is 15.5 Å². The van der Waals surface area contributed by atoms with Gasteiger partial charge in [0.15, 0.2) is 0 Å². The lowest BCUT2D eigenvalue weighted by Crippen LogP contribution is -2.25. The molecular weight excluding hydrogens is 398 g/mol. The van der Waals surface area contributed by atoms with E-state index >= 15 is 0 Å². The van der Waals surface area contributed by atoms with Crippen molar-refractivity contribution in [3.05, 3.63) is 108 Å². The Morgan fingerprint density at radius 1 is 0.750 bits per heavy atom. The maximum Gasteiger partial charge on any atom is 0.256 e. The van der Waals surface area contributed by atoms with Crippen molar-refractivity contribution < 1.29 is 9.59 Å². The third-order valence-electron chi connectivity index (χ3n) is 5.31. The number of nitrogens with zero attached hydrogens (tertiary/aromatic N) is 1.